The Hall–Kier alpha value is -4.04. The largest absolute Gasteiger partial charge is 0.225 e. The van der Waals surface area contributed by atoms with Crippen molar-refractivity contribution in [2.75, 3.05) is 0 Å². The predicted octanol–water partition coefficient (Wildman–Crippen LogP) is 5.86. The van der Waals surface area contributed by atoms with E-state index in [4.69, 9.17) is 0 Å². The van der Waals surface area contributed by atoms with E-state index in [1.54, 1.807) is 0 Å². The first-order valence-electron chi connectivity index (χ1n) is 10.6. The Morgan fingerprint density at radius 3 is 2.13 bits per heavy atom. The van der Waals surface area contributed by atoms with Gasteiger partial charge in [0.1, 0.15) is 11.1 Å². The van der Waals surface area contributed by atoms with Crippen molar-refractivity contribution in [1.29, 1.82) is 0 Å². The van der Waals surface area contributed by atoms with Crippen LogP contribution in [-0.2, 0) is 0 Å². The molecule has 146 valence electrons. The van der Waals surface area contributed by atoms with Gasteiger partial charge < -0.3 is 0 Å². The molecule has 5 aromatic rings. The number of aromatic nitrogens is 2. The Bertz CT molecular complexity index is 1430. The summed E-state index contributed by atoms with van der Waals surface area (Å²) in [6.45, 7) is 2.16. The molecule has 3 aromatic carbocycles. The second kappa shape index (κ2) is 7.03. The van der Waals surface area contributed by atoms with Crippen LogP contribution in [0.4, 0.5) is 0 Å². The molecule has 31 heavy (non-hydrogen) atoms. The van der Waals surface area contributed by atoms with Gasteiger partial charge in [0.25, 0.3) is 0 Å². The topological polar surface area (TPSA) is 7.76 Å². The van der Waals surface area contributed by atoms with Crippen LogP contribution >= 0.6 is 0 Å². The highest BCUT2D eigenvalue weighted by Crippen LogP contribution is 2.33. The van der Waals surface area contributed by atoms with Crippen LogP contribution in [0.2, 0.25) is 0 Å². The molecule has 6 rings (SSSR count). The van der Waals surface area contributed by atoms with Gasteiger partial charge in [-0.2, -0.15) is 9.13 Å². The summed E-state index contributed by atoms with van der Waals surface area (Å²) < 4.78 is 4.64. The highest BCUT2D eigenvalue weighted by atomic mass is 15.0. The zero-order valence-corrected chi connectivity index (χ0v) is 17.4. The third-order valence-corrected chi connectivity index (χ3v) is 6.05. The van der Waals surface area contributed by atoms with E-state index < -0.39 is 0 Å². The van der Waals surface area contributed by atoms with Crippen molar-refractivity contribution in [2.24, 2.45) is 0 Å². The number of fused-ring (bicyclic) bond motifs is 8. The monoisotopic (exact) mass is 398 g/mol. The summed E-state index contributed by atoms with van der Waals surface area (Å²) in [7, 11) is 0. The molecule has 1 aliphatic heterocycles. The van der Waals surface area contributed by atoms with Crippen LogP contribution in [0.25, 0.3) is 45.0 Å². The van der Waals surface area contributed by atoms with Gasteiger partial charge in [-0.1, -0.05) is 42.5 Å². The van der Waals surface area contributed by atoms with Gasteiger partial charge in [-0.25, -0.2) is 0 Å². The van der Waals surface area contributed by atoms with Crippen LogP contribution in [0, 0.1) is 6.92 Å². The fourth-order valence-corrected chi connectivity index (χ4v) is 4.56. The summed E-state index contributed by atoms with van der Waals surface area (Å²) in [6, 6.07) is 36.9. The Morgan fingerprint density at radius 2 is 1.23 bits per heavy atom. The summed E-state index contributed by atoms with van der Waals surface area (Å²) in [5, 5.41) is 0. The SMILES string of the molecule is Cc1cc[n+]2c(c1)-c1cc(-c3ccccc3)ccc1-[n+]1ccccc1-c1ccccc1-2. The van der Waals surface area contributed by atoms with E-state index in [-0.39, 0.29) is 0 Å². The van der Waals surface area contributed by atoms with Crippen molar-refractivity contribution < 1.29 is 9.13 Å². The van der Waals surface area contributed by atoms with Crippen molar-refractivity contribution in [2.45, 2.75) is 6.92 Å². The van der Waals surface area contributed by atoms with Gasteiger partial charge in [-0.3, -0.25) is 0 Å². The van der Waals surface area contributed by atoms with E-state index in [0.29, 0.717) is 0 Å². The van der Waals surface area contributed by atoms with Gasteiger partial charge in [0.15, 0.2) is 12.4 Å². The van der Waals surface area contributed by atoms with E-state index in [9.17, 15) is 0 Å². The Balaban J connectivity index is 1.75. The summed E-state index contributed by atoms with van der Waals surface area (Å²) in [6.07, 6.45) is 4.36. The summed E-state index contributed by atoms with van der Waals surface area (Å²) >= 11 is 0. The minimum Gasteiger partial charge on any atom is -0.159 e. The van der Waals surface area contributed by atoms with Crippen LogP contribution < -0.4 is 9.13 Å². The fourth-order valence-electron chi connectivity index (χ4n) is 4.56. The maximum absolute atomic E-state index is 2.33. The minimum atomic E-state index is 1.18. The van der Waals surface area contributed by atoms with E-state index in [1.807, 2.05) is 0 Å². The van der Waals surface area contributed by atoms with Gasteiger partial charge >= 0.3 is 0 Å². The number of pyridine rings is 2. The van der Waals surface area contributed by atoms with Gasteiger partial charge in [0.2, 0.25) is 22.8 Å². The lowest BCUT2D eigenvalue weighted by Crippen LogP contribution is -2.41. The molecule has 0 saturated heterocycles. The predicted molar refractivity (Wildman–Crippen MR) is 124 cm³/mol. The quantitative estimate of drug-likeness (QED) is 0.306. The maximum Gasteiger partial charge on any atom is 0.225 e. The number of aryl methyl sites for hydroxylation is 1. The molecule has 2 heteroatoms. The molecule has 0 atom stereocenters. The number of hydrogen-bond donors (Lipinski definition) is 0. The smallest absolute Gasteiger partial charge is 0.159 e. The highest BCUT2D eigenvalue weighted by Gasteiger charge is 2.32. The Morgan fingerprint density at radius 1 is 0.484 bits per heavy atom. The zero-order valence-electron chi connectivity index (χ0n) is 17.4. The molecular formula is C29H22N2+2. The highest BCUT2D eigenvalue weighted by molar-refractivity contribution is 5.77. The van der Waals surface area contributed by atoms with Crippen molar-refractivity contribution in [3.8, 4) is 45.0 Å². The average molecular weight is 399 g/mol. The normalized spacial score (nSPS) is 11.4. The molecule has 2 nitrogen and oxygen atoms in total. The molecule has 0 N–H and O–H groups in total. The van der Waals surface area contributed by atoms with Gasteiger partial charge in [0, 0.05) is 36.4 Å². The van der Waals surface area contributed by atoms with Gasteiger partial charge in [-0.15, -0.1) is 0 Å². The number of rotatable bonds is 1. The Labute approximate surface area is 182 Å². The van der Waals surface area contributed by atoms with Crippen LogP contribution in [0.5, 0.6) is 0 Å². The molecule has 2 aromatic heterocycles. The summed E-state index contributed by atoms with van der Waals surface area (Å²) in [5.74, 6) is 0. The number of hydrogen-bond acceptors (Lipinski definition) is 0. The molecular weight excluding hydrogens is 376 g/mol. The Kier molecular flexibility index (Phi) is 4.03. The van der Waals surface area contributed by atoms with E-state index in [2.05, 4.69) is 132 Å². The van der Waals surface area contributed by atoms with E-state index >= 15 is 0 Å². The average Bonchev–Trinajstić information content (AvgIpc) is 2.83. The lowest BCUT2D eigenvalue weighted by Gasteiger charge is -2.15. The second-order valence-corrected chi connectivity index (χ2v) is 8.03. The van der Waals surface area contributed by atoms with Crippen molar-refractivity contribution >= 4 is 0 Å². The molecule has 3 heterocycles. The van der Waals surface area contributed by atoms with Crippen molar-refractivity contribution in [3.05, 3.63) is 121 Å². The molecule has 0 spiro atoms. The van der Waals surface area contributed by atoms with Crippen molar-refractivity contribution in [1.82, 2.24) is 0 Å². The maximum atomic E-state index is 2.33. The standard InChI is InChI=1S/C29H22N2/c1-21-16-18-31-27-12-6-5-11-24(27)26-13-7-8-17-30(26)28-15-14-23(20-25(28)29(31)19-21)22-9-3-2-4-10-22/h2-20H,1H3/q+2. The van der Waals surface area contributed by atoms with Crippen LogP contribution in [0.1, 0.15) is 5.56 Å². The third-order valence-electron chi connectivity index (χ3n) is 6.05. The van der Waals surface area contributed by atoms with Crippen LogP contribution in [-0.4, -0.2) is 0 Å². The summed E-state index contributed by atoms with van der Waals surface area (Å²) in [5.41, 5.74) is 10.9. The van der Waals surface area contributed by atoms with E-state index in [0.717, 1.165) is 0 Å². The van der Waals surface area contributed by atoms with E-state index in [1.165, 1.54) is 50.6 Å². The molecule has 0 aliphatic carbocycles. The number of nitrogens with zero attached hydrogens (tertiary/aromatic N) is 2. The first-order valence-corrected chi connectivity index (χ1v) is 10.6. The first-order chi connectivity index (χ1) is 15.3. The molecule has 0 bridgehead atoms. The second-order valence-electron chi connectivity index (χ2n) is 8.03. The molecule has 0 amide bonds. The molecule has 0 unspecified atom stereocenters. The van der Waals surface area contributed by atoms with Crippen LogP contribution in [0.3, 0.4) is 0 Å². The number of para-hydroxylation sites is 1. The minimum absolute atomic E-state index is 1.18. The first kappa shape index (κ1) is 17.8. The number of benzene rings is 3. The van der Waals surface area contributed by atoms with Gasteiger partial charge in [0.05, 0.1) is 0 Å². The molecule has 0 radical (unpaired) electrons. The van der Waals surface area contributed by atoms with Crippen LogP contribution in [0.15, 0.2) is 116 Å². The van der Waals surface area contributed by atoms with Gasteiger partial charge in [-0.05, 0) is 47.9 Å². The van der Waals surface area contributed by atoms with Crippen molar-refractivity contribution in [3.63, 3.8) is 0 Å². The lowest BCUT2D eigenvalue weighted by atomic mass is 9.96. The third kappa shape index (κ3) is 2.88. The molecule has 0 saturated carbocycles. The molecule has 0 fully saturated rings. The zero-order chi connectivity index (χ0) is 20.8. The molecule has 1 aliphatic rings. The summed E-state index contributed by atoms with van der Waals surface area (Å²) in [4.78, 5) is 0. The fraction of sp³-hybridized carbons (Fsp3) is 0.0345. The lowest BCUT2D eigenvalue weighted by molar-refractivity contribution is -0.598.